The molecule has 0 saturated carbocycles. The Hall–Kier alpha value is -0.353. The molecule has 0 aromatic heterocycles. The summed E-state index contributed by atoms with van der Waals surface area (Å²) in [5.74, 6) is 0.717. The van der Waals surface area contributed by atoms with Gasteiger partial charge in [-0.3, -0.25) is 0 Å². The summed E-state index contributed by atoms with van der Waals surface area (Å²) >= 11 is 3.38. The number of ether oxygens (including phenoxy) is 1. The molecular formula is C10H14BrFOSi. The van der Waals surface area contributed by atoms with E-state index in [1.807, 2.05) is 25.1 Å². The molecule has 0 N–H and O–H groups in total. The maximum atomic E-state index is 13.3. The van der Waals surface area contributed by atoms with Crippen molar-refractivity contribution in [3.05, 3.63) is 28.2 Å². The molecule has 0 saturated heterocycles. The molecule has 1 nitrogen and oxygen atoms in total. The highest BCUT2D eigenvalue weighted by Gasteiger charge is 2.21. The van der Waals surface area contributed by atoms with Crippen LogP contribution in [0.15, 0.2) is 22.7 Å². The van der Waals surface area contributed by atoms with Gasteiger partial charge in [0.05, 0.1) is 4.47 Å². The van der Waals surface area contributed by atoms with Crippen molar-refractivity contribution in [3.8, 4) is 5.75 Å². The molecule has 1 aromatic rings. The van der Waals surface area contributed by atoms with E-state index in [4.69, 9.17) is 4.74 Å². The van der Waals surface area contributed by atoms with Gasteiger partial charge in [-0.2, -0.15) is 0 Å². The van der Waals surface area contributed by atoms with Crippen LogP contribution in [0.4, 0.5) is 4.11 Å². The first-order valence-corrected chi connectivity index (χ1v) is 8.34. The van der Waals surface area contributed by atoms with Crippen LogP contribution >= 0.6 is 15.9 Å². The van der Waals surface area contributed by atoms with E-state index in [0.717, 1.165) is 10.0 Å². The number of rotatable bonds is 3. The third-order valence-electron chi connectivity index (χ3n) is 1.66. The van der Waals surface area contributed by atoms with Crippen LogP contribution in [-0.4, -0.2) is 14.6 Å². The standard InChI is InChI=1S/C10H14BrFOSi/c1-8-4-5-10(9(11)6-8)13-7-14(2,3)12/h4-6H,7H2,1-3H3. The van der Waals surface area contributed by atoms with E-state index < -0.39 is 8.41 Å². The third kappa shape index (κ3) is 3.80. The molecular weight excluding hydrogens is 263 g/mol. The molecule has 0 heterocycles. The Balaban J connectivity index is 2.68. The van der Waals surface area contributed by atoms with Gasteiger partial charge in [0.2, 0.25) is 0 Å². The molecule has 0 fully saturated rings. The molecule has 78 valence electrons. The van der Waals surface area contributed by atoms with E-state index in [2.05, 4.69) is 15.9 Å². The highest BCUT2D eigenvalue weighted by molar-refractivity contribution is 9.10. The number of aryl methyl sites for hydroxylation is 1. The smallest absolute Gasteiger partial charge is 0.278 e. The monoisotopic (exact) mass is 276 g/mol. The second-order valence-electron chi connectivity index (χ2n) is 3.94. The summed E-state index contributed by atoms with van der Waals surface area (Å²) in [7, 11) is -2.62. The SMILES string of the molecule is Cc1ccc(OC[Si](C)(C)F)c(Br)c1. The van der Waals surface area contributed by atoms with Gasteiger partial charge in [0.15, 0.2) is 0 Å². The lowest BCUT2D eigenvalue weighted by atomic mass is 10.2. The van der Waals surface area contributed by atoms with Crippen LogP contribution in [0.2, 0.25) is 13.1 Å². The zero-order chi connectivity index (χ0) is 10.8. The highest BCUT2D eigenvalue weighted by atomic mass is 79.9. The van der Waals surface area contributed by atoms with Crippen molar-refractivity contribution < 1.29 is 8.84 Å². The second-order valence-corrected chi connectivity index (χ2v) is 8.52. The zero-order valence-corrected chi connectivity index (χ0v) is 11.2. The van der Waals surface area contributed by atoms with Crippen molar-refractivity contribution in [3.63, 3.8) is 0 Å². The summed E-state index contributed by atoms with van der Waals surface area (Å²) < 4.78 is 19.6. The maximum absolute atomic E-state index is 13.3. The van der Waals surface area contributed by atoms with Crippen LogP contribution in [0.1, 0.15) is 5.56 Å². The van der Waals surface area contributed by atoms with Gasteiger partial charge >= 0.3 is 0 Å². The number of halogens is 2. The van der Waals surface area contributed by atoms with Gasteiger partial charge in [-0.15, -0.1) is 0 Å². The molecule has 0 amide bonds. The van der Waals surface area contributed by atoms with Crippen LogP contribution in [-0.2, 0) is 0 Å². The molecule has 4 heteroatoms. The molecule has 0 aliphatic carbocycles. The molecule has 0 aliphatic rings. The summed E-state index contributed by atoms with van der Waals surface area (Å²) in [4.78, 5) is 0. The van der Waals surface area contributed by atoms with Crippen molar-refractivity contribution in [2.45, 2.75) is 20.0 Å². The Bertz CT molecular complexity index is 322. The fourth-order valence-corrected chi connectivity index (χ4v) is 2.08. The molecule has 0 radical (unpaired) electrons. The Kier molecular flexibility index (Phi) is 3.72. The van der Waals surface area contributed by atoms with Crippen LogP contribution in [0.3, 0.4) is 0 Å². The summed E-state index contributed by atoms with van der Waals surface area (Å²) in [6.07, 6.45) is 0.203. The minimum absolute atomic E-state index is 0.203. The van der Waals surface area contributed by atoms with E-state index >= 15 is 0 Å². The van der Waals surface area contributed by atoms with Gasteiger partial charge < -0.3 is 8.84 Å². The van der Waals surface area contributed by atoms with Crippen LogP contribution in [0.25, 0.3) is 0 Å². The van der Waals surface area contributed by atoms with E-state index in [1.165, 1.54) is 0 Å². The number of hydrogen-bond acceptors (Lipinski definition) is 1. The van der Waals surface area contributed by atoms with Crippen molar-refractivity contribution in [2.24, 2.45) is 0 Å². The fourth-order valence-electron chi connectivity index (χ4n) is 0.972. The molecule has 1 aromatic carbocycles. The Morgan fingerprint density at radius 2 is 2.07 bits per heavy atom. The predicted octanol–water partition coefficient (Wildman–Crippen LogP) is 3.85. The topological polar surface area (TPSA) is 9.23 Å². The van der Waals surface area contributed by atoms with Crippen molar-refractivity contribution in [1.29, 1.82) is 0 Å². The van der Waals surface area contributed by atoms with Gasteiger partial charge in [-0.05, 0) is 53.6 Å². The molecule has 0 aliphatic heterocycles. The van der Waals surface area contributed by atoms with Crippen LogP contribution < -0.4 is 4.74 Å². The van der Waals surface area contributed by atoms with Gasteiger partial charge in [-0.1, -0.05) is 6.07 Å². The summed E-state index contributed by atoms with van der Waals surface area (Å²) in [5.41, 5.74) is 1.15. The summed E-state index contributed by atoms with van der Waals surface area (Å²) in [6, 6.07) is 5.77. The lowest BCUT2D eigenvalue weighted by molar-refractivity contribution is 0.364. The Morgan fingerprint density at radius 3 is 2.57 bits per heavy atom. The van der Waals surface area contributed by atoms with Crippen molar-refractivity contribution >= 4 is 24.3 Å². The molecule has 0 atom stereocenters. The number of hydrogen-bond donors (Lipinski definition) is 0. The largest absolute Gasteiger partial charge is 0.493 e. The quantitative estimate of drug-likeness (QED) is 0.602. The first-order valence-electron chi connectivity index (χ1n) is 4.46. The molecule has 0 bridgehead atoms. The average Bonchev–Trinajstić information content (AvgIpc) is 2.00. The second kappa shape index (κ2) is 4.44. The normalized spacial score (nSPS) is 11.5. The lowest BCUT2D eigenvalue weighted by Crippen LogP contribution is -2.28. The van der Waals surface area contributed by atoms with Crippen molar-refractivity contribution in [1.82, 2.24) is 0 Å². The van der Waals surface area contributed by atoms with Gasteiger partial charge in [-0.25, -0.2) is 0 Å². The summed E-state index contributed by atoms with van der Waals surface area (Å²) in [5, 5.41) is 0. The Morgan fingerprint density at radius 1 is 1.43 bits per heavy atom. The van der Waals surface area contributed by atoms with Gasteiger partial charge in [0.1, 0.15) is 12.0 Å². The van der Waals surface area contributed by atoms with E-state index in [-0.39, 0.29) is 6.23 Å². The lowest BCUT2D eigenvalue weighted by Gasteiger charge is -2.13. The van der Waals surface area contributed by atoms with Gasteiger partial charge in [0, 0.05) is 0 Å². The van der Waals surface area contributed by atoms with E-state index in [0.29, 0.717) is 5.75 Å². The highest BCUT2D eigenvalue weighted by Crippen LogP contribution is 2.26. The first kappa shape index (κ1) is 11.7. The third-order valence-corrected chi connectivity index (χ3v) is 3.11. The predicted molar refractivity (Wildman–Crippen MR) is 63.0 cm³/mol. The molecule has 0 spiro atoms. The summed E-state index contributed by atoms with van der Waals surface area (Å²) in [6.45, 7) is 5.27. The van der Waals surface area contributed by atoms with E-state index in [9.17, 15) is 4.11 Å². The minimum Gasteiger partial charge on any atom is -0.493 e. The van der Waals surface area contributed by atoms with Crippen LogP contribution in [0, 0.1) is 6.92 Å². The average molecular weight is 277 g/mol. The molecule has 0 unspecified atom stereocenters. The van der Waals surface area contributed by atoms with Crippen molar-refractivity contribution in [2.75, 3.05) is 6.23 Å². The fraction of sp³-hybridized carbons (Fsp3) is 0.400. The Labute approximate surface area is 93.6 Å². The van der Waals surface area contributed by atoms with Crippen LogP contribution in [0.5, 0.6) is 5.75 Å². The molecule has 14 heavy (non-hydrogen) atoms. The van der Waals surface area contributed by atoms with E-state index in [1.54, 1.807) is 13.1 Å². The zero-order valence-electron chi connectivity index (χ0n) is 8.60. The van der Waals surface area contributed by atoms with Gasteiger partial charge in [0.25, 0.3) is 8.41 Å². The first-order chi connectivity index (χ1) is 6.38. The minimum atomic E-state index is -2.62. The maximum Gasteiger partial charge on any atom is 0.278 e. The number of benzene rings is 1. The molecule has 1 rings (SSSR count).